The molecule has 1 atom stereocenters. The predicted molar refractivity (Wildman–Crippen MR) is 61.4 cm³/mol. The second kappa shape index (κ2) is 5.75. The van der Waals surface area contributed by atoms with Crippen LogP contribution in [0, 0.1) is 11.8 Å². The van der Waals surface area contributed by atoms with Crippen molar-refractivity contribution in [1.29, 1.82) is 0 Å². The molecule has 0 aliphatic heterocycles. The van der Waals surface area contributed by atoms with Gasteiger partial charge < -0.3 is 4.74 Å². The van der Waals surface area contributed by atoms with Gasteiger partial charge in [0.15, 0.2) is 0 Å². The quantitative estimate of drug-likeness (QED) is 0.663. The lowest BCUT2D eigenvalue weighted by molar-refractivity contribution is -0.0601. The molecule has 14 heavy (non-hydrogen) atoms. The summed E-state index contributed by atoms with van der Waals surface area (Å²) in [6.07, 6.45) is 7.90. The van der Waals surface area contributed by atoms with Crippen LogP contribution in [0.4, 0.5) is 0 Å². The molecule has 0 saturated heterocycles. The Balaban J connectivity index is 2.47. The van der Waals surface area contributed by atoms with Crippen LogP contribution in [0.25, 0.3) is 0 Å². The lowest BCUT2D eigenvalue weighted by Crippen LogP contribution is -2.33. The molecule has 0 radical (unpaired) electrons. The van der Waals surface area contributed by atoms with Gasteiger partial charge in [-0.2, -0.15) is 0 Å². The van der Waals surface area contributed by atoms with Crippen molar-refractivity contribution >= 4 is 0 Å². The van der Waals surface area contributed by atoms with Gasteiger partial charge in [0.1, 0.15) is 0 Å². The minimum atomic E-state index is 0.379. The number of hydrogen-bond donors (Lipinski definition) is 0. The van der Waals surface area contributed by atoms with E-state index in [9.17, 15) is 0 Å². The van der Waals surface area contributed by atoms with E-state index < -0.39 is 0 Å². The van der Waals surface area contributed by atoms with Gasteiger partial charge in [-0.15, -0.1) is 0 Å². The highest BCUT2D eigenvalue weighted by atomic mass is 16.5. The summed E-state index contributed by atoms with van der Waals surface area (Å²) in [5.41, 5.74) is 0. The summed E-state index contributed by atoms with van der Waals surface area (Å²) >= 11 is 0. The van der Waals surface area contributed by atoms with Gasteiger partial charge in [0.2, 0.25) is 0 Å². The largest absolute Gasteiger partial charge is 0.375 e. The van der Waals surface area contributed by atoms with Gasteiger partial charge in [-0.05, 0) is 38.5 Å². The molecule has 1 nitrogen and oxygen atoms in total. The maximum atomic E-state index is 6.05. The molecule has 0 amide bonds. The topological polar surface area (TPSA) is 9.23 Å². The van der Waals surface area contributed by atoms with Crippen molar-refractivity contribution in [3.63, 3.8) is 0 Å². The molecule has 0 N–H and O–H groups in total. The van der Waals surface area contributed by atoms with Crippen molar-refractivity contribution in [1.82, 2.24) is 0 Å². The van der Waals surface area contributed by atoms with Crippen molar-refractivity contribution in [2.75, 3.05) is 0 Å². The number of rotatable bonds is 4. The van der Waals surface area contributed by atoms with Crippen molar-refractivity contribution in [2.45, 2.75) is 72.0 Å². The lowest BCUT2D eigenvalue weighted by atomic mass is 9.81. The molecule has 0 unspecified atom stereocenters. The van der Waals surface area contributed by atoms with Crippen LogP contribution in [-0.2, 0) is 4.74 Å². The first-order valence-electron chi connectivity index (χ1n) is 6.26. The summed E-state index contributed by atoms with van der Waals surface area (Å²) in [6, 6.07) is 0. The summed E-state index contributed by atoms with van der Waals surface area (Å²) < 4.78 is 6.05. The van der Waals surface area contributed by atoms with E-state index in [1.807, 2.05) is 0 Å². The first kappa shape index (κ1) is 12.0. The third-order valence-electron chi connectivity index (χ3n) is 3.20. The molecule has 1 heteroatoms. The summed E-state index contributed by atoms with van der Waals surface area (Å²) in [6.45, 7) is 8.89. The molecule has 0 heterocycles. The second-order valence-corrected chi connectivity index (χ2v) is 5.29. The predicted octanol–water partition coefficient (Wildman–Crippen LogP) is 4.02. The molecule has 0 aromatic rings. The van der Waals surface area contributed by atoms with E-state index in [0.717, 1.165) is 5.92 Å². The van der Waals surface area contributed by atoms with E-state index in [-0.39, 0.29) is 0 Å². The van der Waals surface area contributed by atoms with Crippen LogP contribution < -0.4 is 0 Å². The van der Waals surface area contributed by atoms with Crippen LogP contribution >= 0.6 is 0 Å². The SMILES string of the molecule is CC(C)O[C@H](C(C)C)C1CCCCC1. The fourth-order valence-electron chi connectivity index (χ4n) is 2.59. The third kappa shape index (κ3) is 3.61. The van der Waals surface area contributed by atoms with E-state index >= 15 is 0 Å². The Bertz CT molecular complexity index is 145. The molecular formula is C13H26O. The standard InChI is InChI=1S/C13H26O/c1-10(2)13(14-11(3)4)12-8-6-5-7-9-12/h10-13H,5-9H2,1-4H3/t13-/m1/s1. The van der Waals surface area contributed by atoms with Gasteiger partial charge in [0, 0.05) is 0 Å². The zero-order valence-corrected chi connectivity index (χ0v) is 10.3. The highest BCUT2D eigenvalue weighted by Gasteiger charge is 2.27. The molecule has 1 fully saturated rings. The smallest absolute Gasteiger partial charge is 0.0629 e. The molecule has 84 valence electrons. The molecule has 0 aromatic carbocycles. The zero-order valence-electron chi connectivity index (χ0n) is 10.3. The van der Waals surface area contributed by atoms with Crippen LogP contribution in [0.15, 0.2) is 0 Å². The summed E-state index contributed by atoms with van der Waals surface area (Å²) in [4.78, 5) is 0. The van der Waals surface area contributed by atoms with Crippen molar-refractivity contribution in [3.8, 4) is 0 Å². The Morgan fingerprint density at radius 3 is 1.93 bits per heavy atom. The van der Waals surface area contributed by atoms with E-state index in [1.165, 1.54) is 32.1 Å². The van der Waals surface area contributed by atoms with Gasteiger partial charge in [0.25, 0.3) is 0 Å². The molecule has 1 saturated carbocycles. The second-order valence-electron chi connectivity index (χ2n) is 5.29. The molecule has 0 spiro atoms. The summed E-state index contributed by atoms with van der Waals surface area (Å²) in [7, 11) is 0. The van der Waals surface area contributed by atoms with Gasteiger partial charge in [0.05, 0.1) is 12.2 Å². The Morgan fingerprint density at radius 2 is 1.50 bits per heavy atom. The van der Waals surface area contributed by atoms with Crippen molar-refractivity contribution < 1.29 is 4.74 Å². The molecular weight excluding hydrogens is 172 g/mol. The van der Waals surface area contributed by atoms with Crippen LogP contribution in [0.2, 0.25) is 0 Å². The van der Waals surface area contributed by atoms with E-state index in [0.29, 0.717) is 18.1 Å². The first-order chi connectivity index (χ1) is 6.61. The van der Waals surface area contributed by atoms with Gasteiger partial charge >= 0.3 is 0 Å². The van der Waals surface area contributed by atoms with Crippen molar-refractivity contribution in [3.05, 3.63) is 0 Å². The molecule has 1 aliphatic rings. The Hall–Kier alpha value is -0.0400. The fraction of sp³-hybridized carbons (Fsp3) is 1.00. The highest BCUT2D eigenvalue weighted by Crippen LogP contribution is 2.31. The minimum Gasteiger partial charge on any atom is -0.375 e. The van der Waals surface area contributed by atoms with Crippen LogP contribution in [0.3, 0.4) is 0 Å². The molecule has 1 rings (SSSR count). The van der Waals surface area contributed by atoms with Crippen LogP contribution in [-0.4, -0.2) is 12.2 Å². The molecule has 0 bridgehead atoms. The maximum absolute atomic E-state index is 6.05. The van der Waals surface area contributed by atoms with Crippen molar-refractivity contribution in [2.24, 2.45) is 11.8 Å². The Morgan fingerprint density at radius 1 is 0.929 bits per heavy atom. The van der Waals surface area contributed by atoms with Gasteiger partial charge in [-0.25, -0.2) is 0 Å². The summed E-state index contributed by atoms with van der Waals surface area (Å²) in [5.74, 6) is 1.49. The first-order valence-corrected chi connectivity index (χ1v) is 6.26. The maximum Gasteiger partial charge on any atom is 0.0629 e. The Kier molecular flexibility index (Phi) is 4.94. The molecule has 1 aliphatic carbocycles. The average molecular weight is 198 g/mol. The van der Waals surface area contributed by atoms with E-state index in [4.69, 9.17) is 4.74 Å². The van der Waals surface area contributed by atoms with Crippen LogP contribution in [0.5, 0.6) is 0 Å². The average Bonchev–Trinajstić information content (AvgIpc) is 2.15. The lowest BCUT2D eigenvalue weighted by Gasteiger charge is -2.34. The van der Waals surface area contributed by atoms with Gasteiger partial charge in [-0.3, -0.25) is 0 Å². The number of ether oxygens (including phenoxy) is 1. The normalized spacial score (nSPS) is 21.9. The highest BCUT2D eigenvalue weighted by molar-refractivity contribution is 4.77. The van der Waals surface area contributed by atoms with E-state index in [2.05, 4.69) is 27.7 Å². The Labute approximate surface area is 89.2 Å². The fourth-order valence-corrected chi connectivity index (χ4v) is 2.59. The summed E-state index contributed by atoms with van der Waals surface area (Å²) in [5, 5.41) is 0. The third-order valence-corrected chi connectivity index (χ3v) is 3.20. The van der Waals surface area contributed by atoms with Gasteiger partial charge in [-0.1, -0.05) is 33.1 Å². The van der Waals surface area contributed by atoms with Crippen LogP contribution in [0.1, 0.15) is 59.8 Å². The monoisotopic (exact) mass is 198 g/mol. The zero-order chi connectivity index (χ0) is 10.6. The molecule has 0 aromatic heterocycles. The van der Waals surface area contributed by atoms with E-state index in [1.54, 1.807) is 0 Å². The number of hydrogen-bond acceptors (Lipinski definition) is 1. The minimum absolute atomic E-state index is 0.379.